The number of aliphatic hydroxyl groups excluding tert-OH is 1. The monoisotopic (exact) mass is 445 g/mol. The van der Waals surface area contributed by atoms with E-state index in [2.05, 4.69) is 25.2 Å². The van der Waals surface area contributed by atoms with Crippen LogP contribution in [0.4, 0.5) is 11.6 Å². The molecule has 166 valence electrons. The van der Waals surface area contributed by atoms with Crippen LogP contribution in [0.1, 0.15) is 11.7 Å². The summed E-state index contributed by atoms with van der Waals surface area (Å²) in [7, 11) is 1.47. The number of aryl methyl sites for hydroxylation is 1. The van der Waals surface area contributed by atoms with E-state index in [4.69, 9.17) is 0 Å². The third-order valence-corrected chi connectivity index (χ3v) is 5.43. The summed E-state index contributed by atoms with van der Waals surface area (Å²) in [4.78, 5) is 34.1. The summed E-state index contributed by atoms with van der Waals surface area (Å²) >= 11 is 0. The van der Waals surface area contributed by atoms with E-state index in [-0.39, 0.29) is 35.2 Å². The number of hydrogen-bond acceptors (Lipinski definition) is 7. The molecule has 3 heterocycles. The molecule has 0 saturated carbocycles. The van der Waals surface area contributed by atoms with Gasteiger partial charge in [0.1, 0.15) is 0 Å². The minimum absolute atomic E-state index is 0.00337. The largest absolute Gasteiger partial charge is 0.493 e. The first-order valence-corrected chi connectivity index (χ1v) is 10.1. The van der Waals surface area contributed by atoms with Crippen molar-refractivity contribution in [3.8, 4) is 5.88 Å². The second kappa shape index (κ2) is 7.88. The molecule has 0 unspecified atom stereocenters. The summed E-state index contributed by atoms with van der Waals surface area (Å²) in [5.41, 5.74) is 0.408. The molecular weight excluding hydrogens is 426 g/mol. The molecule has 5 rings (SSSR count). The molecule has 11 heteroatoms. The van der Waals surface area contributed by atoms with Gasteiger partial charge in [-0.15, -0.1) is 10.2 Å². The molecule has 0 fully saturated rings. The number of nitrogens with one attached hydrogen (secondary N) is 2. The predicted octanol–water partition coefficient (Wildman–Crippen LogP) is 2.76. The maximum Gasteiger partial charge on any atom is 0.329 e. The van der Waals surface area contributed by atoms with Gasteiger partial charge in [0.05, 0.1) is 18.2 Å². The molecule has 0 saturated heterocycles. The van der Waals surface area contributed by atoms with E-state index in [1.807, 2.05) is 12.1 Å². The second-order valence-corrected chi connectivity index (χ2v) is 7.51. The first-order chi connectivity index (χ1) is 15.9. The number of azo groups is 1. The molecule has 0 aliphatic heterocycles. The average Bonchev–Trinajstić information content (AvgIpc) is 3.33. The van der Waals surface area contributed by atoms with Gasteiger partial charge in [-0.2, -0.15) is 4.98 Å². The van der Waals surface area contributed by atoms with Gasteiger partial charge < -0.3 is 15.2 Å². The van der Waals surface area contributed by atoms with Crippen LogP contribution in [0, 0.1) is 0 Å². The Kier molecular flexibility index (Phi) is 4.87. The van der Waals surface area contributed by atoms with Gasteiger partial charge in [-0.05, 0) is 11.6 Å². The lowest BCUT2D eigenvalue weighted by molar-refractivity contribution is 0.158. The average molecular weight is 445 g/mol. The van der Waals surface area contributed by atoms with E-state index < -0.39 is 17.4 Å². The number of rotatable bonds is 5. The molecule has 5 aromatic rings. The molecule has 33 heavy (non-hydrogen) atoms. The Morgan fingerprint density at radius 3 is 2.55 bits per heavy atom. The van der Waals surface area contributed by atoms with Crippen molar-refractivity contribution >= 4 is 33.7 Å². The van der Waals surface area contributed by atoms with Crippen LogP contribution in [0.3, 0.4) is 0 Å². The van der Waals surface area contributed by atoms with E-state index in [1.165, 1.54) is 16.2 Å². The summed E-state index contributed by atoms with van der Waals surface area (Å²) in [6.45, 7) is -0.0595. The Labute approximate surface area is 185 Å². The number of aromatic amines is 2. The molecule has 0 spiro atoms. The van der Waals surface area contributed by atoms with Gasteiger partial charge in [-0.25, -0.2) is 4.79 Å². The lowest BCUT2D eigenvalue weighted by Gasteiger charge is -2.13. The van der Waals surface area contributed by atoms with Gasteiger partial charge in [0, 0.05) is 12.4 Å². The highest BCUT2D eigenvalue weighted by molar-refractivity contribution is 5.94. The Morgan fingerprint density at radius 2 is 1.76 bits per heavy atom. The number of aromatic hydroxyl groups is 1. The van der Waals surface area contributed by atoms with Gasteiger partial charge >= 0.3 is 5.69 Å². The van der Waals surface area contributed by atoms with Crippen LogP contribution in [0.2, 0.25) is 0 Å². The van der Waals surface area contributed by atoms with Crippen molar-refractivity contribution in [1.82, 2.24) is 24.1 Å². The van der Waals surface area contributed by atoms with E-state index in [9.17, 15) is 19.8 Å². The molecule has 1 atom stereocenters. The van der Waals surface area contributed by atoms with E-state index in [1.54, 1.807) is 42.5 Å². The minimum atomic E-state index is -0.976. The highest BCUT2D eigenvalue weighted by Gasteiger charge is 2.21. The van der Waals surface area contributed by atoms with Crippen molar-refractivity contribution in [2.24, 2.45) is 17.3 Å². The molecule has 3 aromatic heterocycles. The molecule has 0 aliphatic carbocycles. The standard InChI is InChI=1S/C22H19N7O4/c1-28-18-17(20(32)25-22(28)33)29(11-15(30)12-7-3-2-4-8-12)21(24-18)27-26-16-13-9-5-6-10-14(13)23-19(16)31/h2-10,15,23,30-31H,11H2,1H3,(H,25,32,33)/t15-/m1/s1. The molecule has 4 N–H and O–H groups in total. The fraction of sp³-hybridized carbons (Fsp3) is 0.136. The zero-order valence-corrected chi connectivity index (χ0v) is 17.4. The molecule has 0 radical (unpaired) electrons. The normalized spacial score (nSPS) is 12.8. The van der Waals surface area contributed by atoms with E-state index >= 15 is 0 Å². The Balaban J connectivity index is 1.67. The second-order valence-electron chi connectivity index (χ2n) is 7.51. The Bertz CT molecular complexity index is 1630. The third-order valence-electron chi connectivity index (χ3n) is 5.43. The van der Waals surface area contributed by atoms with Gasteiger partial charge in [0.25, 0.3) is 11.5 Å². The van der Waals surface area contributed by atoms with Crippen molar-refractivity contribution in [2.75, 3.05) is 0 Å². The van der Waals surface area contributed by atoms with Gasteiger partial charge in [0.15, 0.2) is 16.9 Å². The number of aromatic nitrogens is 5. The Morgan fingerprint density at radius 1 is 1.03 bits per heavy atom. The zero-order chi connectivity index (χ0) is 23.1. The molecule has 0 aliphatic rings. The smallest absolute Gasteiger partial charge is 0.329 e. The first-order valence-electron chi connectivity index (χ1n) is 10.1. The van der Waals surface area contributed by atoms with Crippen LogP contribution < -0.4 is 11.2 Å². The summed E-state index contributed by atoms with van der Waals surface area (Å²) < 4.78 is 2.59. The summed E-state index contributed by atoms with van der Waals surface area (Å²) in [5, 5.41) is 30.0. The maximum absolute atomic E-state index is 12.6. The van der Waals surface area contributed by atoms with Crippen molar-refractivity contribution in [2.45, 2.75) is 12.6 Å². The highest BCUT2D eigenvalue weighted by atomic mass is 16.3. The minimum Gasteiger partial charge on any atom is -0.493 e. The quantitative estimate of drug-likeness (QED) is 0.306. The summed E-state index contributed by atoms with van der Waals surface area (Å²) in [6.07, 6.45) is -0.976. The number of H-pyrrole nitrogens is 2. The van der Waals surface area contributed by atoms with Crippen molar-refractivity contribution < 1.29 is 10.2 Å². The number of nitrogens with zero attached hydrogens (tertiary/aromatic N) is 5. The lowest BCUT2D eigenvalue weighted by Crippen LogP contribution is -2.29. The summed E-state index contributed by atoms with van der Waals surface area (Å²) in [6, 6.07) is 16.1. The lowest BCUT2D eigenvalue weighted by atomic mass is 10.1. The predicted molar refractivity (Wildman–Crippen MR) is 121 cm³/mol. The highest BCUT2D eigenvalue weighted by Crippen LogP contribution is 2.36. The van der Waals surface area contributed by atoms with Crippen molar-refractivity contribution in [1.29, 1.82) is 0 Å². The fourth-order valence-corrected chi connectivity index (χ4v) is 3.73. The van der Waals surface area contributed by atoms with E-state index in [0.29, 0.717) is 16.5 Å². The van der Waals surface area contributed by atoms with E-state index in [0.717, 1.165) is 0 Å². The van der Waals surface area contributed by atoms with Crippen molar-refractivity contribution in [3.63, 3.8) is 0 Å². The third kappa shape index (κ3) is 3.49. The Hall–Kier alpha value is -4.51. The van der Waals surface area contributed by atoms with Crippen LogP contribution in [0.5, 0.6) is 5.88 Å². The topological polar surface area (TPSA) is 154 Å². The van der Waals surface area contributed by atoms with Gasteiger partial charge in [-0.3, -0.25) is 18.9 Å². The SMILES string of the molecule is Cn1c(=O)[nH]c(=O)c2c1nc(N=Nc1c(O)[nH]c3ccccc13)n2C[C@@H](O)c1ccccc1. The van der Waals surface area contributed by atoms with Crippen LogP contribution in [-0.2, 0) is 13.6 Å². The van der Waals surface area contributed by atoms with Crippen LogP contribution in [-0.4, -0.2) is 34.3 Å². The number of imidazole rings is 1. The molecule has 0 amide bonds. The number of hydrogen-bond donors (Lipinski definition) is 4. The molecule has 2 aromatic carbocycles. The number of fused-ring (bicyclic) bond motifs is 2. The fourth-order valence-electron chi connectivity index (χ4n) is 3.73. The molecule has 11 nitrogen and oxygen atoms in total. The van der Waals surface area contributed by atoms with Crippen LogP contribution in [0.15, 0.2) is 74.4 Å². The first kappa shape index (κ1) is 20.4. The van der Waals surface area contributed by atoms with Crippen LogP contribution >= 0.6 is 0 Å². The van der Waals surface area contributed by atoms with Crippen LogP contribution in [0.25, 0.3) is 22.1 Å². The number of aliphatic hydroxyl groups is 1. The number of para-hydroxylation sites is 1. The zero-order valence-electron chi connectivity index (χ0n) is 17.4. The van der Waals surface area contributed by atoms with Gasteiger partial charge in [-0.1, -0.05) is 48.5 Å². The van der Waals surface area contributed by atoms with Crippen molar-refractivity contribution in [3.05, 3.63) is 81.0 Å². The molecule has 0 bridgehead atoms. The summed E-state index contributed by atoms with van der Waals surface area (Å²) in [5.74, 6) is -0.173. The molecular formula is C22H19N7O4. The maximum atomic E-state index is 12.6. The number of benzene rings is 2. The van der Waals surface area contributed by atoms with Gasteiger partial charge in [0.2, 0.25) is 5.88 Å².